The Bertz CT molecular complexity index is 527. The van der Waals surface area contributed by atoms with Gasteiger partial charge in [-0.3, -0.25) is 24.0 Å². The van der Waals surface area contributed by atoms with Crippen LogP contribution in [0.5, 0.6) is 0 Å². The van der Waals surface area contributed by atoms with Gasteiger partial charge in [-0.1, -0.05) is 0 Å². The summed E-state index contributed by atoms with van der Waals surface area (Å²) < 4.78 is 0. The van der Waals surface area contributed by atoms with Crippen molar-refractivity contribution in [2.75, 3.05) is 18.8 Å². The molecule has 0 bridgehead atoms. The molecule has 1 saturated heterocycles. The number of thiol groups is 1. The second kappa shape index (κ2) is 9.75. The minimum atomic E-state index is -1.12. The summed E-state index contributed by atoms with van der Waals surface area (Å²) >= 11 is 4.00. The van der Waals surface area contributed by atoms with Gasteiger partial charge in [0.2, 0.25) is 29.5 Å². The third-order valence-corrected chi connectivity index (χ3v) is 3.56. The van der Waals surface area contributed by atoms with Crippen molar-refractivity contribution in [3.05, 3.63) is 0 Å². The molecule has 1 rings (SSSR count). The van der Waals surface area contributed by atoms with E-state index in [1.54, 1.807) is 0 Å². The minimum Gasteiger partial charge on any atom is -0.370 e. The number of amides is 5. The standard InChI is InChI=1S/C13H21N5O5S/c14-9(19)5-7-12(22)15-3-2-11(21)18-8(6-24)13(23)16-4-1-10(20)17-7/h7-8,24H,1-6H2,(H2,14,19)(H,15,22)(H,16,23)(H,17,20)(H,18,21)/t7-,8-/m0/s1. The van der Waals surface area contributed by atoms with E-state index in [9.17, 15) is 24.0 Å². The first-order valence-corrected chi connectivity index (χ1v) is 8.00. The second-order valence-corrected chi connectivity index (χ2v) is 5.54. The van der Waals surface area contributed by atoms with Crippen molar-refractivity contribution in [1.82, 2.24) is 21.3 Å². The predicted octanol–water partition coefficient (Wildman–Crippen LogP) is -3.21. The summed E-state index contributed by atoms with van der Waals surface area (Å²) in [5, 5.41) is 9.82. The third-order valence-electron chi connectivity index (χ3n) is 3.19. The van der Waals surface area contributed by atoms with Crippen molar-refractivity contribution < 1.29 is 24.0 Å². The van der Waals surface area contributed by atoms with E-state index in [0.717, 1.165) is 0 Å². The van der Waals surface area contributed by atoms with E-state index in [1.165, 1.54) is 0 Å². The summed E-state index contributed by atoms with van der Waals surface area (Å²) in [7, 11) is 0. The smallest absolute Gasteiger partial charge is 0.243 e. The monoisotopic (exact) mass is 359 g/mol. The summed E-state index contributed by atoms with van der Waals surface area (Å²) in [6.45, 7) is -0.00751. The van der Waals surface area contributed by atoms with E-state index in [0.29, 0.717) is 0 Å². The molecule has 0 spiro atoms. The molecule has 0 aliphatic carbocycles. The van der Waals surface area contributed by atoms with E-state index >= 15 is 0 Å². The Labute approximate surface area is 144 Å². The maximum atomic E-state index is 12.0. The van der Waals surface area contributed by atoms with Crippen molar-refractivity contribution in [2.45, 2.75) is 31.3 Å². The number of rotatable bonds is 3. The van der Waals surface area contributed by atoms with Gasteiger partial charge in [-0.05, 0) is 0 Å². The molecule has 0 unspecified atom stereocenters. The average Bonchev–Trinajstić information content (AvgIpc) is 2.50. The summed E-state index contributed by atoms with van der Waals surface area (Å²) in [6, 6.07) is -1.95. The molecule has 2 atom stereocenters. The first-order valence-electron chi connectivity index (χ1n) is 7.36. The van der Waals surface area contributed by atoms with E-state index in [1.807, 2.05) is 0 Å². The highest BCUT2D eigenvalue weighted by Crippen LogP contribution is 1.96. The van der Waals surface area contributed by atoms with E-state index in [-0.39, 0.29) is 38.1 Å². The molecule has 5 amide bonds. The summed E-state index contributed by atoms with van der Waals surface area (Å²) in [4.78, 5) is 58.5. The lowest BCUT2D eigenvalue weighted by molar-refractivity contribution is -0.132. The van der Waals surface area contributed by atoms with Gasteiger partial charge < -0.3 is 27.0 Å². The number of nitrogens with two attached hydrogens (primary N) is 1. The zero-order chi connectivity index (χ0) is 18.1. The lowest BCUT2D eigenvalue weighted by atomic mass is 10.1. The molecule has 0 aromatic heterocycles. The number of primary amides is 1. The maximum absolute atomic E-state index is 12.0. The van der Waals surface area contributed by atoms with Gasteiger partial charge in [-0.2, -0.15) is 12.6 Å². The molecule has 6 N–H and O–H groups in total. The van der Waals surface area contributed by atoms with Crippen LogP contribution in [0.25, 0.3) is 0 Å². The lowest BCUT2D eigenvalue weighted by Crippen LogP contribution is -2.52. The van der Waals surface area contributed by atoms with Crippen LogP contribution in [0.3, 0.4) is 0 Å². The highest BCUT2D eigenvalue weighted by atomic mass is 32.1. The third kappa shape index (κ3) is 6.86. The molecule has 24 heavy (non-hydrogen) atoms. The van der Waals surface area contributed by atoms with Crippen molar-refractivity contribution in [2.24, 2.45) is 5.73 Å². The van der Waals surface area contributed by atoms with Gasteiger partial charge in [0.05, 0.1) is 6.42 Å². The number of hydrogen-bond donors (Lipinski definition) is 6. The van der Waals surface area contributed by atoms with E-state index in [4.69, 9.17) is 5.73 Å². The van der Waals surface area contributed by atoms with Gasteiger partial charge in [0, 0.05) is 31.7 Å². The molecule has 0 radical (unpaired) electrons. The van der Waals surface area contributed by atoms with Gasteiger partial charge in [0.1, 0.15) is 12.1 Å². The van der Waals surface area contributed by atoms with E-state index < -0.39 is 41.6 Å². The van der Waals surface area contributed by atoms with Gasteiger partial charge in [0.15, 0.2) is 0 Å². The minimum absolute atomic E-state index is 0.00965. The zero-order valence-corrected chi connectivity index (χ0v) is 13.9. The van der Waals surface area contributed by atoms with Crippen molar-refractivity contribution >= 4 is 42.2 Å². The Kier molecular flexibility index (Phi) is 8.02. The molecule has 0 aromatic rings. The first kappa shape index (κ1) is 19.7. The van der Waals surface area contributed by atoms with Gasteiger partial charge in [-0.15, -0.1) is 0 Å². The number of carbonyl (C=O) groups excluding carboxylic acids is 5. The Morgan fingerprint density at radius 3 is 1.88 bits per heavy atom. The van der Waals surface area contributed by atoms with Crippen LogP contribution in [-0.2, 0) is 24.0 Å². The van der Waals surface area contributed by atoms with Crippen LogP contribution in [0.1, 0.15) is 19.3 Å². The maximum Gasteiger partial charge on any atom is 0.243 e. The fraction of sp³-hybridized carbons (Fsp3) is 0.615. The van der Waals surface area contributed by atoms with Crippen LogP contribution >= 0.6 is 12.6 Å². The molecular weight excluding hydrogens is 338 g/mol. The zero-order valence-electron chi connectivity index (χ0n) is 13.0. The Morgan fingerprint density at radius 1 is 0.958 bits per heavy atom. The SMILES string of the molecule is NC(=O)C[C@@H]1NC(=O)CCNC(=O)[C@H](CS)NC(=O)CCNC1=O. The number of hydrogen-bond acceptors (Lipinski definition) is 6. The molecule has 0 saturated carbocycles. The Hall–Kier alpha value is -2.30. The predicted molar refractivity (Wildman–Crippen MR) is 86.8 cm³/mol. The van der Waals surface area contributed by atoms with Crippen LogP contribution in [0, 0.1) is 0 Å². The molecule has 11 heteroatoms. The summed E-state index contributed by atoms with van der Waals surface area (Å²) in [5.41, 5.74) is 5.06. The fourth-order valence-corrected chi connectivity index (χ4v) is 2.24. The van der Waals surface area contributed by atoms with Crippen LogP contribution in [-0.4, -0.2) is 60.5 Å². The molecule has 10 nitrogen and oxygen atoms in total. The largest absolute Gasteiger partial charge is 0.370 e. The molecule has 1 aliphatic rings. The fourth-order valence-electron chi connectivity index (χ4n) is 1.98. The lowest BCUT2D eigenvalue weighted by Gasteiger charge is -2.20. The Balaban J connectivity index is 2.80. The molecule has 134 valence electrons. The van der Waals surface area contributed by atoms with Crippen molar-refractivity contribution in [3.63, 3.8) is 0 Å². The van der Waals surface area contributed by atoms with Crippen LogP contribution in [0.2, 0.25) is 0 Å². The Morgan fingerprint density at radius 2 is 1.42 bits per heavy atom. The van der Waals surface area contributed by atoms with Crippen molar-refractivity contribution in [3.8, 4) is 0 Å². The van der Waals surface area contributed by atoms with Crippen molar-refractivity contribution in [1.29, 1.82) is 0 Å². The van der Waals surface area contributed by atoms with Gasteiger partial charge in [-0.25, -0.2) is 0 Å². The molecule has 0 aromatic carbocycles. The summed E-state index contributed by atoms with van der Waals surface area (Å²) in [5.74, 6) is -2.67. The normalized spacial score (nSPS) is 24.0. The average molecular weight is 359 g/mol. The number of carbonyl (C=O) groups is 5. The first-order chi connectivity index (χ1) is 11.3. The molecule has 1 heterocycles. The molecular formula is C13H21N5O5S. The highest BCUT2D eigenvalue weighted by molar-refractivity contribution is 7.80. The van der Waals surface area contributed by atoms with Crippen LogP contribution in [0.4, 0.5) is 0 Å². The van der Waals surface area contributed by atoms with Gasteiger partial charge >= 0.3 is 0 Å². The molecule has 1 aliphatic heterocycles. The van der Waals surface area contributed by atoms with E-state index in [2.05, 4.69) is 33.9 Å². The van der Waals surface area contributed by atoms with Gasteiger partial charge in [0.25, 0.3) is 0 Å². The topological polar surface area (TPSA) is 159 Å². The number of nitrogens with one attached hydrogen (secondary N) is 4. The molecule has 1 fully saturated rings. The summed E-state index contributed by atoms with van der Waals surface area (Å²) in [6.07, 6.45) is -0.528. The highest BCUT2D eigenvalue weighted by Gasteiger charge is 2.24. The second-order valence-electron chi connectivity index (χ2n) is 5.18. The van der Waals surface area contributed by atoms with Crippen LogP contribution < -0.4 is 27.0 Å². The van der Waals surface area contributed by atoms with Crippen LogP contribution in [0.15, 0.2) is 0 Å². The quantitative estimate of drug-likeness (QED) is 0.292.